The Hall–Kier alpha value is -3.01. The van der Waals surface area contributed by atoms with Crippen molar-refractivity contribution < 1.29 is 9.59 Å². The van der Waals surface area contributed by atoms with E-state index >= 15 is 0 Å². The molecule has 1 N–H and O–H groups in total. The van der Waals surface area contributed by atoms with Gasteiger partial charge in [0, 0.05) is 57.6 Å². The van der Waals surface area contributed by atoms with Crippen molar-refractivity contribution in [1.29, 1.82) is 0 Å². The van der Waals surface area contributed by atoms with Crippen LogP contribution in [0.15, 0.2) is 24.3 Å². The van der Waals surface area contributed by atoms with Crippen LogP contribution in [0, 0.1) is 0 Å². The number of hydrogen-bond donors (Lipinski definition) is 1. The fraction of sp³-hybridized carbons (Fsp3) is 0.571. The number of anilines is 1. The molecule has 31 heavy (non-hydrogen) atoms. The standard InChI is InChI=1S/C21H30N8O2/c1-26-20(23-24-25-26)17-7-6-8-18(15-17)22-21(31)29-13-11-27(12-14-29)16-19(30)28-9-4-2-3-5-10-28/h6-8,15H,2-5,9-14,16H2,1H3,(H,22,31). The molecule has 0 unspecified atom stereocenters. The molecule has 10 heteroatoms. The molecule has 0 bridgehead atoms. The maximum atomic E-state index is 12.7. The number of nitrogens with zero attached hydrogens (tertiary/aromatic N) is 7. The van der Waals surface area contributed by atoms with Gasteiger partial charge in [-0.25, -0.2) is 9.48 Å². The van der Waals surface area contributed by atoms with Gasteiger partial charge in [0.1, 0.15) is 0 Å². The lowest BCUT2D eigenvalue weighted by Gasteiger charge is -2.35. The predicted molar refractivity (Wildman–Crippen MR) is 116 cm³/mol. The van der Waals surface area contributed by atoms with Crippen molar-refractivity contribution in [2.75, 3.05) is 51.1 Å². The molecule has 0 atom stereocenters. The topological polar surface area (TPSA) is 99.5 Å². The molecule has 1 aromatic carbocycles. The molecule has 2 aliphatic rings. The average Bonchev–Trinajstić information content (AvgIpc) is 3.03. The van der Waals surface area contributed by atoms with E-state index in [0.29, 0.717) is 44.2 Å². The molecule has 2 saturated heterocycles. The van der Waals surface area contributed by atoms with Crippen molar-refractivity contribution in [3.63, 3.8) is 0 Å². The lowest BCUT2D eigenvalue weighted by Crippen LogP contribution is -2.52. The van der Waals surface area contributed by atoms with Crippen molar-refractivity contribution in [2.24, 2.45) is 7.05 Å². The zero-order valence-electron chi connectivity index (χ0n) is 18.0. The maximum absolute atomic E-state index is 12.7. The van der Waals surface area contributed by atoms with Gasteiger partial charge >= 0.3 is 6.03 Å². The molecule has 0 aliphatic carbocycles. The van der Waals surface area contributed by atoms with Gasteiger partial charge in [-0.2, -0.15) is 0 Å². The van der Waals surface area contributed by atoms with Gasteiger partial charge in [0.05, 0.1) is 6.54 Å². The van der Waals surface area contributed by atoms with E-state index in [9.17, 15) is 9.59 Å². The third-order valence-electron chi connectivity index (χ3n) is 5.97. The number of aromatic nitrogens is 4. The molecule has 0 radical (unpaired) electrons. The SMILES string of the molecule is Cn1nnnc1-c1cccc(NC(=O)N2CCN(CC(=O)N3CCCCCC3)CC2)c1. The number of carbonyl (C=O) groups excluding carboxylic acids is 2. The Morgan fingerprint density at radius 1 is 0.968 bits per heavy atom. The van der Waals surface area contributed by atoms with E-state index in [-0.39, 0.29) is 11.9 Å². The number of urea groups is 1. The van der Waals surface area contributed by atoms with Crippen molar-refractivity contribution >= 4 is 17.6 Å². The minimum atomic E-state index is -0.133. The quantitative estimate of drug-likeness (QED) is 0.794. The van der Waals surface area contributed by atoms with Crippen molar-refractivity contribution in [1.82, 2.24) is 34.9 Å². The lowest BCUT2D eigenvalue weighted by molar-refractivity contribution is -0.132. The van der Waals surface area contributed by atoms with Gasteiger partial charge in [-0.15, -0.1) is 5.10 Å². The summed E-state index contributed by atoms with van der Waals surface area (Å²) in [5.41, 5.74) is 1.53. The minimum Gasteiger partial charge on any atom is -0.342 e. The number of tetrazole rings is 1. The van der Waals surface area contributed by atoms with Crippen molar-refractivity contribution in [2.45, 2.75) is 25.7 Å². The Balaban J connectivity index is 1.27. The highest BCUT2D eigenvalue weighted by Crippen LogP contribution is 2.20. The van der Waals surface area contributed by atoms with Gasteiger partial charge < -0.3 is 15.1 Å². The molecular weight excluding hydrogens is 396 g/mol. The molecule has 4 rings (SSSR count). The first-order valence-electron chi connectivity index (χ1n) is 11.0. The van der Waals surface area contributed by atoms with E-state index in [1.54, 1.807) is 16.6 Å². The van der Waals surface area contributed by atoms with Crippen LogP contribution in [-0.2, 0) is 11.8 Å². The first-order valence-corrected chi connectivity index (χ1v) is 11.0. The molecule has 1 aromatic heterocycles. The van der Waals surface area contributed by atoms with Crippen LogP contribution in [-0.4, -0.2) is 92.7 Å². The lowest BCUT2D eigenvalue weighted by atomic mass is 10.2. The Bertz CT molecular complexity index is 898. The van der Waals surface area contributed by atoms with E-state index in [0.717, 1.165) is 31.5 Å². The van der Waals surface area contributed by atoms with Crippen molar-refractivity contribution in [3.05, 3.63) is 24.3 Å². The zero-order chi connectivity index (χ0) is 21.6. The first kappa shape index (κ1) is 21.2. The summed E-state index contributed by atoms with van der Waals surface area (Å²) in [6, 6.07) is 7.35. The molecule has 2 fully saturated rings. The first-order chi connectivity index (χ1) is 15.1. The number of aryl methyl sites for hydroxylation is 1. The molecule has 2 aliphatic heterocycles. The molecule has 2 aromatic rings. The van der Waals surface area contributed by atoms with Crippen LogP contribution in [0.3, 0.4) is 0 Å². The fourth-order valence-electron chi connectivity index (χ4n) is 4.13. The van der Waals surface area contributed by atoms with Gasteiger partial charge in [0.15, 0.2) is 5.82 Å². The monoisotopic (exact) mass is 426 g/mol. The number of carbonyl (C=O) groups is 2. The van der Waals surface area contributed by atoms with Gasteiger partial charge in [0.2, 0.25) is 5.91 Å². The summed E-state index contributed by atoms with van der Waals surface area (Å²) >= 11 is 0. The molecule has 0 spiro atoms. The molecular formula is C21H30N8O2. The fourth-order valence-corrected chi connectivity index (χ4v) is 4.13. The highest BCUT2D eigenvalue weighted by atomic mass is 16.2. The van der Waals surface area contributed by atoms with Crippen LogP contribution >= 0.6 is 0 Å². The normalized spacial score (nSPS) is 18.0. The number of benzene rings is 1. The zero-order valence-corrected chi connectivity index (χ0v) is 18.0. The van der Waals surface area contributed by atoms with E-state index in [1.165, 1.54) is 12.8 Å². The summed E-state index contributed by atoms with van der Waals surface area (Å²) in [6.07, 6.45) is 4.65. The van der Waals surface area contributed by atoms with Crippen LogP contribution < -0.4 is 5.32 Å². The molecule has 3 amide bonds. The number of piperazine rings is 1. The predicted octanol–water partition coefficient (Wildman–Crippen LogP) is 1.43. The number of rotatable bonds is 4. The van der Waals surface area contributed by atoms with Gasteiger partial charge in [0.25, 0.3) is 0 Å². The largest absolute Gasteiger partial charge is 0.342 e. The highest BCUT2D eigenvalue weighted by molar-refractivity contribution is 5.90. The Morgan fingerprint density at radius 3 is 2.39 bits per heavy atom. The van der Waals surface area contributed by atoms with Crippen LogP contribution in [0.2, 0.25) is 0 Å². The van der Waals surface area contributed by atoms with E-state index in [2.05, 4.69) is 25.7 Å². The van der Waals surface area contributed by atoms with Crippen molar-refractivity contribution in [3.8, 4) is 11.4 Å². The molecule has 3 heterocycles. The summed E-state index contributed by atoms with van der Waals surface area (Å²) in [4.78, 5) is 31.3. The second-order valence-electron chi connectivity index (χ2n) is 8.20. The summed E-state index contributed by atoms with van der Waals surface area (Å²) in [5, 5.41) is 14.5. The van der Waals surface area contributed by atoms with E-state index in [1.807, 2.05) is 29.2 Å². The number of amides is 3. The number of nitrogens with one attached hydrogen (secondary N) is 1. The van der Waals surface area contributed by atoms with Gasteiger partial charge in [-0.1, -0.05) is 25.0 Å². The third kappa shape index (κ3) is 5.38. The maximum Gasteiger partial charge on any atom is 0.321 e. The van der Waals surface area contributed by atoms with E-state index in [4.69, 9.17) is 0 Å². The second kappa shape index (κ2) is 9.86. The van der Waals surface area contributed by atoms with Crippen LogP contribution in [0.5, 0.6) is 0 Å². The Morgan fingerprint density at radius 2 is 1.71 bits per heavy atom. The van der Waals surface area contributed by atoms with Crippen LogP contribution in [0.25, 0.3) is 11.4 Å². The van der Waals surface area contributed by atoms with Gasteiger partial charge in [-0.05, 0) is 35.4 Å². The summed E-state index contributed by atoms with van der Waals surface area (Å²) in [6.45, 7) is 4.83. The highest BCUT2D eigenvalue weighted by Gasteiger charge is 2.24. The van der Waals surface area contributed by atoms with Gasteiger partial charge in [-0.3, -0.25) is 9.69 Å². The Labute approximate surface area is 182 Å². The number of likely N-dealkylation sites (tertiary alicyclic amines) is 1. The smallest absolute Gasteiger partial charge is 0.321 e. The summed E-state index contributed by atoms with van der Waals surface area (Å²) in [7, 11) is 1.78. The summed E-state index contributed by atoms with van der Waals surface area (Å²) < 4.78 is 1.59. The minimum absolute atomic E-state index is 0.133. The molecule has 166 valence electrons. The van der Waals surface area contributed by atoms with Crippen LogP contribution in [0.1, 0.15) is 25.7 Å². The summed E-state index contributed by atoms with van der Waals surface area (Å²) in [5.74, 6) is 0.855. The molecule has 0 saturated carbocycles. The average molecular weight is 427 g/mol. The third-order valence-corrected chi connectivity index (χ3v) is 5.97. The number of hydrogen-bond acceptors (Lipinski definition) is 6. The van der Waals surface area contributed by atoms with Crippen LogP contribution in [0.4, 0.5) is 10.5 Å². The molecule has 10 nitrogen and oxygen atoms in total. The Kier molecular flexibility index (Phi) is 6.76. The van der Waals surface area contributed by atoms with E-state index < -0.39 is 0 Å². The second-order valence-corrected chi connectivity index (χ2v) is 8.20.